The van der Waals surface area contributed by atoms with Crippen molar-refractivity contribution in [1.82, 2.24) is 0 Å². The summed E-state index contributed by atoms with van der Waals surface area (Å²) in [5.74, 6) is -2.60. The van der Waals surface area contributed by atoms with Crippen LogP contribution in [0.2, 0.25) is 0 Å². The Balaban J connectivity index is 1.94. The molecule has 0 radical (unpaired) electrons. The van der Waals surface area contributed by atoms with Gasteiger partial charge in [-0.25, -0.2) is 0 Å². The van der Waals surface area contributed by atoms with E-state index in [1.165, 1.54) is 0 Å². The van der Waals surface area contributed by atoms with E-state index in [9.17, 15) is 14.7 Å². The zero-order chi connectivity index (χ0) is 17.6. The van der Waals surface area contributed by atoms with Crippen LogP contribution in [0.15, 0.2) is 41.5 Å². The van der Waals surface area contributed by atoms with Crippen molar-refractivity contribution in [1.29, 1.82) is 0 Å². The normalized spacial score (nSPS) is 27.4. The van der Waals surface area contributed by atoms with E-state index >= 15 is 0 Å². The maximum Gasteiger partial charge on any atom is 0.308 e. The summed E-state index contributed by atoms with van der Waals surface area (Å²) in [5.41, 5.74) is 5.01. The minimum absolute atomic E-state index is 0.105. The van der Waals surface area contributed by atoms with Crippen LogP contribution in [-0.2, 0) is 9.59 Å². The van der Waals surface area contributed by atoms with Gasteiger partial charge in [-0.05, 0) is 44.9 Å². The maximum atomic E-state index is 12.9. The molecule has 2 aliphatic rings. The highest BCUT2D eigenvalue weighted by molar-refractivity contribution is 5.97. The molecule has 1 saturated carbocycles. The molecule has 1 aromatic rings. The number of aliphatic carboxylic acids is 1. The molecule has 0 spiro atoms. The average molecular weight is 325 g/mol. The number of carboxylic acid groups (broad SMARTS) is 1. The molecule has 126 valence electrons. The number of nitrogens with one attached hydrogen (secondary N) is 1. The SMILES string of the molecule is CC(C)=C1[C@H]2C=C[C@@H]1[C@H](C(=O)Nc1cc(C)ccc1C)[C@@H]2C(=O)O. The van der Waals surface area contributed by atoms with Crippen molar-refractivity contribution < 1.29 is 14.7 Å². The molecular formula is C20H23NO3. The van der Waals surface area contributed by atoms with E-state index in [1.54, 1.807) is 0 Å². The molecule has 4 atom stereocenters. The first-order valence-electron chi connectivity index (χ1n) is 8.27. The standard InChI is InChI=1S/C20H23NO3/c1-10(2)16-13-7-8-14(16)18(20(23)24)17(13)19(22)21-15-9-11(3)5-6-12(15)4/h5-9,13-14,17-18H,1-4H3,(H,21,22)(H,23,24)/t13-,14+,17-,18+/m0/s1. The van der Waals surface area contributed by atoms with E-state index in [0.29, 0.717) is 0 Å². The van der Waals surface area contributed by atoms with Crippen molar-refractivity contribution in [3.8, 4) is 0 Å². The van der Waals surface area contributed by atoms with Crippen LogP contribution in [0.5, 0.6) is 0 Å². The third-order valence-electron chi connectivity index (χ3n) is 5.22. The van der Waals surface area contributed by atoms with Gasteiger partial charge >= 0.3 is 5.97 Å². The summed E-state index contributed by atoms with van der Waals surface area (Å²) in [5, 5.41) is 12.6. The van der Waals surface area contributed by atoms with Crippen molar-refractivity contribution >= 4 is 17.6 Å². The molecule has 1 aromatic carbocycles. The summed E-state index contributed by atoms with van der Waals surface area (Å²) >= 11 is 0. The van der Waals surface area contributed by atoms with Crippen molar-refractivity contribution in [3.05, 3.63) is 52.6 Å². The van der Waals surface area contributed by atoms with Crippen LogP contribution in [0.3, 0.4) is 0 Å². The summed E-state index contributed by atoms with van der Waals surface area (Å²) < 4.78 is 0. The lowest BCUT2D eigenvalue weighted by atomic mass is 9.82. The van der Waals surface area contributed by atoms with Crippen molar-refractivity contribution in [2.24, 2.45) is 23.7 Å². The average Bonchev–Trinajstić information content (AvgIpc) is 3.06. The van der Waals surface area contributed by atoms with Gasteiger partial charge in [-0.15, -0.1) is 0 Å². The number of amides is 1. The quantitative estimate of drug-likeness (QED) is 0.833. The molecule has 0 aliphatic heterocycles. The number of hydrogen-bond acceptors (Lipinski definition) is 2. The monoisotopic (exact) mass is 325 g/mol. The molecule has 1 amide bonds. The second kappa shape index (κ2) is 5.93. The second-order valence-electron chi connectivity index (χ2n) is 7.09. The Labute approximate surface area is 142 Å². The van der Waals surface area contributed by atoms with Gasteiger partial charge in [0.05, 0.1) is 11.8 Å². The molecule has 4 heteroatoms. The number of allylic oxidation sites excluding steroid dienone is 4. The Kier molecular flexibility index (Phi) is 4.08. The van der Waals surface area contributed by atoms with Gasteiger partial charge in [0.1, 0.15) is 0 Å². The molecule has 2 N–H and O–H groups in total. The van der Waals surface area contributed by atoms with Gasteiger partial charge in [0, 0.05) is 17.5 Å². The van der Waals surface area contributed by atoms with E-state index in [1.807, 2.05) is 58.0 Å². The van der Waals surface area contributed by atoms with Crippen molar-refractivity contribution in [2.75, 3.05) is 5.32 Å². The topological polar surface area (TPSA) is 66.4 Å². The van der Waals surface area contributed by atoms with Gasteiger partial charge in [-0.2, -0.15) is 0 Å². The van der Waals surface area contributed by atoms with E-state index in [4.69, 9.17) is 0 Å². The third kappa shape index (κ3) is 2.56. The second-order valence-corrected chi connectivity index (χ2v) is 7.09. The summed E-state index contributed by atoms with van der Waals surface area (Å²) in [6, 6.07) is 5.88. The highest BCUT2D eigenvalue weighted by Gasteiger charge is 2.54. The summed E-state index contributed by atoms with van der Waals surface area (Å²) in [4.78, 5) is 24.7. The largest absolute Gasteiger partial charge is 0.481 e. The molecule has 24 heavy (non-hydrogen) atoms. The third-order valence-corrected chi connectivity index (χ3v) is 5.22. The molecule has 1 fully saturated rings. The molecule has 0 unspecified atom stereocenters. The van der Waals surface area contributed by atoms with Gasteiger partial charge in [-0.3, -0.25) is 9.59 Å². The van der Waals surface area contributed by atoms with Crippen LogP contribution in [0.1, 0.15) is 25.0 Å². The van der Waals surface area contributed by atoms with Crippen molar-refractivity contribution in [2.45, 2.75) is 27.7 Å². The number of fused-ring (bicyclic) bond motifs is 2. The fourth-order valence-corrected chi connectivity index (χ4v) is 4.13. The number of carboxylic acids is 1. The highest BCUT2D eigenvalue weighted by Crippen LogP contribution is 2.53. The van der Waals surface area contributed by atoms with Gasteiger partial charge in [-0.1, -0.05) is 35.4 Å². The van der Waals surface area contributed by atoms with E-state index in [2.05, 4.69) is 5.32 Å². The van der Waals surface area contributed by atoms with Crippen LogP contribution < -0.4 is 5.32 Å². The molecule has 0 aromatic heterocycles. The number of carbonyl (C=O) groups excluding carboxylic acids is 1. The lowest BCUT2D eigenvalue weighted by molar-refractivity contribution is -0.146. The van der Waals surface area contributed by atoms with Gasteiger partial charge in [0.2, 0.25) is 5.91 Å². The van der Waals surface area contributed by atoms with E-state index in [-0.39, 0.29) is 17.7 Å². The van der Waals surface area contributed by atoms with Gasteiger partial charge in [0.25, 0.3) is 0 Å². The molecule has 2 bridgehead atoms. The van der Waals surface area contributed by atoms with E-state index in [0.717, 1.165) is 28.0 Å². The van der Waals surface area contributed by atoms with Crippen molar-refractivity contribution in [3.63, 3.8) is 0 Å². The summed E-state index contributed by atoms with van der Waals surface area (Å²) in [6.45, 7) is 7.89. The van der Waals surface area contributed by atoms with Gasteiger partial charge < -0.3 is 10.4 Å². The predicted molar refractivity (Wildman–Crippen MR) is 93.7 cm³/mol. The van der Waals surface area contributed by atoms with Crippen LogP contribution in [-0.4, -0.2) is 17.0 Å². The molecule has 0 saturated heterocycles. The molecular weight excluding hydrogens is 302 g/mol. The molecule has 2 aliphatic carbocycles. The first kappa shape index (κ1) is 16.5. The Morgan fingerprint density at radius 1 is 1.04 bits per heavy atom. The fourth-order valence-electron chi connectivity index (χ4n) is 4.13. The Hall–Kier alpha value is -2.36. The smallest absolute Gasteiger partial charge is 0.308 e. The molecule has 3 rings (SSSR count). The minimum atomic E-state index is -0.897. The van der Waals surface area contributed by atoms with Crippen LogP contribution in [0, 0.1) is 37.5 Å². The fraction of sp³-hybridized carbons (Fsp3) is 0.400. The lowest BCUT2D eigenvalue weighted by Crippen LogP contribution is -2.36. The minimum Gasteiger partial charge on any atom is -0.481 e. The zero-order valence-corrected chi connectivity index (χ0v) is 14.5. The molecule has 0 heterocycles. The Morgan fingerprint density at radius 2 is 1.67 bits per heavy atom. The Bertz CT molecular complexity index is 771. The number of anilines is 1. The van der Waals surface area contributed by atoms with E-state index < -0.39 is 17.8 Å². The number of rotatable bonds is 3. The number of hydrogen-bond donors (Lipinski definition) is 2. The van der Waals surface area contributed by atoms with Crippen LogP contribution >= 0.6 is 0 Å². The van der Waals surface area contributed by atoms with Crippen LogP contribution in [0.25, 0.3) is 0 Å². The number of benzene rings is 1. The summed E-state index contributed by atoms with van der Waals surface area (Å²) in [6.07, 6.45) is 3.95. The zero-order valence-electron chi connectivity index (χ0n) is 14.5. The number of aryl methyl sites for hydroxylation is 2. The van der Waals surface area contributed by atoms with Gasteiger partial charge in [0.15, 0.2) is 0 Å². The Morgan fingerprint density at radius 3 is 2.25 bits per heavy atom. The first-order chi connectivity index (χ1) is 11.3. The number of carbonyl (C=O) groups is 2. The molecule has 4 nitrogen and oxygen atoms in total. The predicted octanol–water partition coefficient (Wildman–Crippen LogP) is 3.71. The first-order valence-corrected chi connectivity index (χ1v) is 8.27. The maximum absolute atomic E-state index is 12.9. The summed E-state index contributed by atoms with van der Waals surface area (Å²) in [7, 11) is 0. The highest BCUT2D eigenvalue weighted by atomic mass is 16.4. The van der Waals surface area contributed by atoms with Crippen LogP contribution in [0.4, 0.5) is 5.69 Å². The lowest BCUT2D eigenvalue weighted by Gasteiger charge is -2.23.